The highest BCUT2D eigenvalue weighted by Gasteiger charge is 2.10. The van der Waals surface area contributed by atoms with Gasteiger partial charge in [0.25, 0.3) is 0 Å². The van der Waals surface area contributed by atoms with Crippen LogP contribution in [0, 0.1) is 6.92 Å². The van der Waals surface area contributed by atoms with Crippen LogP contribution in [0.5, 0.6) is 11.5 Å². The minimum absolute atomic E-state index is 0.373. The first-order valence-electron chi connectivity index (χ1n) is 5.52. The van der Waals surface area contributed by atoms with Gasteiger partial charge < -0.3 is 13.9 Å². The summed E-state index contributed by atoms with van der Waals surface area (Å²) in [6.45, 7) is 5.83. The van der Waals surface area contributed by atoms with E-state index in [1.165, 1.54) is 13.2 Å². The fourth-order valence-corrected chi connectivity index (χ4v) is 1.75. The zero-order valence-corrected chi connectivity index (χ0v) is 10.4. The molecule has 18 heavy (non-hydrogen) atoms. The standard InChI is InChI=1S/C14H14O4/c1-4-5-17-13-7-10-9(2)6-14(15)18-11(10)8-12(13)16-3/h4,6-8H,1,5H2,2-3H3. The van der Waals surface area contributed by atoms with Crippen LogP contribution in [0.1, 0.15) is 5.56 Å². The normalized spacial score (nSPS) is 10.3. The summed E-state index contributed by atoms with van der Waals surface area (Å²) in [5.41, 5.74) is 0.956. The van der Waals surface area contributed by atoms with Crippen LogP contribution in [0.15, 0.2) is 40.1 Å². The lowest BCUT2D eigenvalue weighted by molar-refractivity contribution is 0.326. The Morgan fingerprint density at radius 2 is 2.11 bits per heavy atom. The average Bonchev–Trinajstić information content (AvgIpc) is 2.35. The van der Waals surface area contributed by atoms with E-state index in [1.54, 1.807) is 18.2 Å². The lowest BCUT2D eigenvalue weighted by Crippen LogP contribution is -2.00. The van der Waals surface area contributed by atoms with Crippen molar-refractivity contribution < 1.29 is 13.9 Å². The van der Waals surface area contributed by atoms with Gasteiger partial charge in [0.1, 0.15) is 12.2 Å². The summed E-state index contributed by atoms with van der Waals surface area (Å²) in [5, 5.41) is 0.828. The van der Waals surface area contributed by atoms with Crippen molar-refractivity contribution in [3.63, 3.8) is 0 Å². The van der Waals surface area contributed by atoms with Gasteiger partial charge in [-0.05, 0) is 18.6 Å². The molecule has 4 nitrogen and oxygen atoms in total. The number of aryl methyl sites for hydroxylation is 1. The molecular weight excluding hydrogens is 232 g/mol. The number of fused-ring (bicyclic) bond motifs is 1. The lowest BCUT2D eigenvalue weighted by atomic mass is 10.1. The summed E-state index contributed by atoms with van der Waals surface area (Å²) >= 11 is 0. The van der Waals surface area contributed by atoms with E-state index < -0.39 is 0 Å². The van der Waals surface area contributed by atoms with Crippen molar-refractivity contribution in [3.05, 3.63) is 46.8 Å². The Labute approximate surface area is 104 Å². The third kappa shape index (κ3) is 2.22. The van der Waals surface area contributed by atoms with Gasteiger partial charge in [0.2, 0.25) is 0 Å². The van der Waals surface area contributed by atoms with Gasteiger partial charge in [0.15, 0.2) is 11.5 Å². The third-order valence-electron chi connectivity index (χ3n) is 2.59. The molecule has 0 aliphatic rings. The Morgan fingerprint density at radius 1 is 1.33 bits per heavy atom. The first-order valence-corrected chi connectivity index (χ1v) is 5.52. The monoisotopic (exact) mass is 246 g/mol. The predicted octanol–water partition coefficient (Wildman–Crippen LogP) is 2.67. The SMILES string of the molecule is C=CCOc1cc2c(C)cc(=O)oc2cc1OC. The molecule has 0 radical (unpaired) electrons. The number of benzene rings is 1. The van der Waals surface area contributed by atoms with E-state index in [0.29, 0.717) is 23.7 Å². The van der Waals surface area contributed by atoms with Gasteiger partial charge in [-0.25, -0.2) is 4.79 Å². The molecule has 2 aromatic rings. The Kier molecular flexibility index (Phi) is 3.37. The van der Waals surface area contributed by atoms with E-state index in [0.717, 1.165) is 10.9 Å². The molecule has 0 aliphatic heterocycles. The van der Waals surface area contributed by atoms with Gasteiger partial charge in [0.05, 0.1) is 7.11 Å². The summed E-state index contributed by atoms with van der Waals surface area (Å²) in [7, 11) is 1.54. The topological polar surface area (TPSA) is 48.7 Å². The molecule has 0 spiro atoms. The van der Waals surface area contributed by atoms with Gasteiger partial charge >= 0.3 is 5.63 Å². The van der Waals surface area contributed by atoms with Gasteiger partial charge in [-0.15, -0.1) is 0 Å². The third-order valence-corrected chi connectivity index (χ3v) is 2.59. The Balaban J connectivity index is 2.64. The molecule has 0 bridgehead atoms. The minimum Gasteiger partial charge on any atom is -0.493 e. The van der Waals surface area contributed by atoms with E-state index >= 15 is 0 Å². The smallest absolute Gasteiger partial charge is 0.336 e. The van der Waals surface area contributed by atoms with Crippen molar-refractivity contribution in [1.82, 2.24) is 0 Å². The summed E-state index contributed by atoms with van der Waals surface area (Å²) in [4.78, 5) is 11.3. The highest BCUT2D eigenvalue weighted by molar-refractivity contribution is 5.83. The second-order valence-electron chi connectivity index (χ2n) is 3.85. The van der Waals surface area contributed by atoms with Crippen molar-refractivity contribution in [2.24, 2.45) is 0 Å². The first-order chi connectivity index (χ1) is 8.65. The van der Waals surface area contributed by atoms with Crippen LogP contribution in [-0.4, -0.2) is 13.7 Å². The lowest BCUT2D eigenvalue weighted by Gasteiger charge is -2.11. The summed E-state index contributed by atoms with van der Waals surface area (Å²) in [6.07, 6.45) is 1.65. The molecule has 0 saturated heterocycles. The molecule has 2 rings (SSSR count). The molecule has 0 atom stereocenters. The summed E-state index contributed by atoms with van der Waals surface area (Å²) in [6, 6.07) is 4.91. The minimum atomic E-state index is -0.373. The molecule has 1 heterocycles. The molecule has 1 aromatic carbocycles. The quantitative estimate of drug-likeness (QED) is 0.614. The Bertz CT molecular complexity index is 640. The predicted molar refractivity (Wildman–Crippen MR) is 69.5 cm³/mol. The fraction of sp³-hybridized carbons (Fsp3) is 0.214. The summed E-state index contributed by atoms with van der Waals surface area (Å²) < 4.78 is 15.8. The van der Waals surface area contributed by atoms with Crippen molar-refractivity contribution in [2.45, 2.75) is 6.92 Å². The number of hydrogen-bond donors (Lipinski definition) is 0. The van der Waals surface area contributed by atoms with Crippen LogP contribution >= 0.6 is 0 Å². The van der Waals surface area contributed by atoms with Gasteiger partial charge in [-0.1, -0.05) is 12.7 Å². The number of rotatable bonds is 4. The van der Waals surface area contributed by atoms with Crippen LogP contribution < -0.4 is 15.1 Å². The summed E-state index contributed by atoms with van der Waals surface area (Å²) in [5.74, 6) is 1.12. The van der Waals surface area contributed by atoms with Gasteiger partial charge in [0, 0.05) is 17.5 Å². The molecule has 0 saturated carbocycles. The number of methoxy groups -OCH3 is 1. The highest BCUT2D eigenvalue weighted by Crippen LogP contribution is 2.33. The second-order valence-corrected chi connectivity index (χ2v) is 3.85. The van der Waals surface area contributed by atoms with Gasteiger partial charge in [-0.3, -0.25) is 0 Å². The van der Waals surface area contributed by atoms with E-state index in [-0.39, 0.29) is 5.63 Å². The van der Waals surface area contributed by atoms with Crippen molar-refractivity contribution in [2.75, 3.05) is 13.7 Å². The van der Waals surface area contributed by atoms with E-state index in [1.807, 2.05) is 6.92 Å². The second kappa shape index (κ2) is 4.96. The number of ether oxygens (including phenoxy) is 2. The molecule has 0 N–H and O–H groups in total. The molecule has 1 aromatic heterocycles. The van der Waals surface area contributed by atoms with Crippen molar-refractivity contribution in [3.8, 4) is 11.5 Å². The zero-order chi connectivity index (χ0) is 13.1. The average molecular weight is 246 g/mol. The maximum atomic E-state index is 11.3. The molecule has 0 amide bonds. The van der Waals surface area contributed by atoms with E-state index in [4.69, 9.17) is 13.9 Å². The number of hydrogen-bond acceptors (Lipinski definition) is 4. The van der Waals surface area contributed by atoms with Crippen LogP contribution in [0.3, 0.4) is 0 Å². The van der Waals surface area contributed by atoms with Gasteiger partial charge in [-0.2, -0.15) is 0 Å². The molecule has 0 unspecified atom stereocenters. The van der Waals surface area contributed by atoms with Crippen LogP contribution in [0.4, 0.5) is 0 Å². The van der Waals surface area contributed by atoms with Crippen LogP contribution in [0.25, 0.3) is 11.0 Å². The molecule has 4 heteroatoms. The van der Waals surface area contributed by atoms with E-state index in [9.17, 15) is 4.79 Å². The van der Waals surface area contributed by atoms with Crippen LogP contribution in [-0.2, 0) is 0 Å². The largest absolute Gasteiger partial charge is 0.493 e. The van der Waals surface area contributed by atoms with E-state index in [2.05, 4.69) is 6.58 Å². The Hall–Kier alpha value is -2.23. The van der Waals surface area contributed by atoms with Crippen molar-refractivity contribution >= 4 is 11.0 Å². The van der Waals surface area contributed by atoms with Crippen molar-refractivity contribution in [1.29, 1.82) is 0 Å². The molecule has 0 fully saturated rings. The molecule has 94 valence electrons. The fourth-order valence-electron chi connectivity index (χ4n) is 1.75. The van der Waals surface area contributed by atoms with Crippen LogP contribution in [0.2, 0.25) is 0 Å². The maximum absolute atomic E-state index is 11.3. The first kappa shape index (κ1) is 12.2. The highest BCUT2D eigenvalue weighted by atomic mass is 16.5. The Morgan fingerprint density at radius 3 is 2.78 bits per heavy atom. The molecular formula is C14H14O4. The molecule has 0 aliphatic carbocycles. The maximum Gasteiger partial charge on any atom is 0.336 e. The zero-order valence-electron chi connectivity index (χ0n) is 10.4.